The number of rotatable bonds is 6. The molecule has 2 aromatic heterocycles. The number of nitrogens with zero attached hydrogens (tertiary/aromatic N) is 5. The molecular weight excluding hydrogens is 413 g/mol. The topological polar surface area (TPSA) is 69.6 Å². The van der Waals surface area contributed by atoms with Crippen LogP contribution in [0.4, 0.5) is 4.39 Å². The van der Waals surface area contributed by atoms with Crippen LogP contribution in [0.5, 0.6) is 0 Å². The summed E-state index contributed by atoms with van der Waals surface area (Å²) in [6, 6.07) is 14.1. The van der Waals surface area contributed by atoms with E-state index in [0.29, 0.717) is 39.9 Å². The number of hydrogen-bond donors (Lipinski definition) is 0. The number of benzene rings is 2. The van der Waals surface area contributed by atoms with Gasteiger partial charge in [0.25, 0.3) is 5.89 Å². The van der Waals surface area contributed by atoms with Crippen molar-refractivity contribution in [2.24, 2.45) is 0 Å². The lowest BCUT2D eigenvalue weighted by atomic mass is 10.2. The fourth-order valence-corrected chi connectivity index (χ4v) is 3.99. The summed E-state index contributed by atoms with van der Waals surface area (Å²) in [5.74, 6) is 1.72. The zero-order chi connectivity index (χ0) is 19.8. The molecule has 29 heavy (non-hydrogen) atoms. The van der Waals surface area contributed by atoms with Gasteiger partial charge in [-0.2, -0.15) is 4.98 Å². The van der Waals surface area contributed by atoms with Crippen molar-refractivity contribution in [3.8, 4) is 22.8 Å². The van der Waals surface area contributed by atoms with Crippen LogP contribution in [-0.4, -0.2) is 24.9 Å². The quantitative estimate of drug-likeness (QED) is 0.383. The number of hydrogen-bond acceptors (Lipinski definition) is 6. The van der Waals surface area contributed by atoms with Gasteiger partial charge in [-0.05, 0) is 49.2 Å². The highest BCUT2D eigenvalue weighted by molar-refractivity contribution is 7.98. The van der Waals surface area contributed by atoms with Crippen molar-refractivity contribution in [1.82, 2.24) is 24.9 Å². The van der Waals surface area contributed by atoms with Gasteiger partial charge < -0.3 is 4.52 Å². The number of halogens is 2. The minimum atomic E-state index is -0.302. The summed E-state index contributed by atoms with van der Waals surface area (Å²) in [5.41, 5.74) is 1.27. The van der Waals surface area contributed by atoms with Crippen LogP contribution < -0.4 is 0 Å². The molecule has 0 saturated heterocycles. The Hall–Kier alpha value is -2.71. The van der Waals surface area contributed by atoms with Gasteiger partial charge in [-0.3, -0.25) is 4.57 Å². The van der Waals surface area contributed by atoms with Crippen LogP contribution in [0.25, 0.3) is 22.8 Å². The SMILES string of the molecule is Fc1ccccc1-c1nnc(SCc2noc(-c3ccc(Cl)cc3)n2)n1C1CC1. The molecular formula is C20H15ClFN5OS. The van der Waals surface area contributed by atoms with Gasteiger partial charge in [-0.15, -0.1) is 10.2 Å². The minimum Gasteiger partial charge on any atom is -0.334 e. The summed E-state index contributed by atoms with van der Waals surface area (Å²) in [4.78, 5) is 4.44. The van der Waals surface area contributed by atoms with Crippen LogP contribution in [0.15, 0.2) is 58.2 Å². The molecule has 6 nitrogen and oxygen atoms in total. The maximum atomic E-state index is 14.3. The minimum absolute atomic E-state index is 0.302. The first-order valence-electron chi connectivity index (χ1n) is 9.10. The molecule has 0 unspecified atom stereocenters. The van der Waals surface area contributed by atoms with Crippen LogP contribution >= 0.6 is 23.4 Å². The third-order valence-corrected chi connectivity index (χ3v) is 5.77. The molecule has 0 amide bonds. The lowest BCUT2D eigenvalue weighted by molar-refractivity contribution is 0.425. The molecule has 2 heterocycles. The Balaban J connectivity index is 1.37. The first-order chi connectivity index (χ1) is 14.2. The van der Waals surface area contributed by atoms with E-state index in [4.69, 9.17) is 16.1 Å². The zero-order valence-electron chi connectivity index (χ0n) is 15.1. The molecule has 0 N–H and O–H groups in total. The van der Waals surface area contributed by atoms with Crippen LogP contribution in [0.2, 0.25) is 5.02 Å². The maximum absolute atomic E-state index is 14.3. The Morgan fingerprint density at radius 2 is 1.90 bits per heavy atom. The Bertz CT molecular complexity index is 1160. The van der Waals surface area contributed by atoms with E-state index in [-0.39, 0.29) is 5.82 Å². The second kappa shape index (κ2) is 7.61. The summed E-state index contributed by atoms with van der Waals surface area (Å²) >= 11 is 7.38. The van der Waals surface area contributed by atoms with Crippen molar-refractivity contribution in [3.05, 3.63) is 65.2 Å². The maximum Gasteiger partial charge on any atom is 0.257 e. The Morgan fingerprint density at radius 3 is 2.66 bits per heavy atom. The second-order valence-electron chi connectivity index (χ2n) is 6.70. The standard InChI is InChI=1S/C20H15ClFN5OS/c21-13-7-5-12(6-8-13)19-23-17(26-28-19)11-29-20-25-24-18(27(20)14-9-10-14)15-3-1-2-4-16(15)22/h1-8,14H,9-11H2. The molecule has 0 atom stereocenters. The largest absolute Gasteiger partial charge is 0.334 e. The molecule has 0 aliphatic heterocycles. The third-order valence-electron chi connectivity index (χ3n) is 4.58. The summed E-state index contributed by atoms with van der Waals surface area (Å²) in [5, 5.41) is 14.0. The van der Waals surface area contributed by atoms with E-state index < -0.39 is 0 Å². The third kappa shape index (κ3) is 3.77. The Kier molecular flexibility index (Phi) is 4.81. The van der Waals surface area contributed by atoms with E-state index in [1.807, 2.05) is 16.7 Å². The highest BCUT2D eigenvalue weighted by Gasteiger charge is 2.31. The molecule has 9 heteroatoms. The van der Waals surface area contributed by atoms with Crippen LogP contribution in [0.3, 0.4) is 0 Å². The summed E-state index contributed by atoms with van der Waals surface area (Å²) in [6.07, 6.45) is 2.08. The van der Waals surface area contributed by atoms with Gasteiger partial charge in [0.2, 0.25) is 0 Å². The van der Waals surface area contributed by atoms with Crippen molar-refractivity contribution in [2.75, 3.05) is 0 Å². The Morgan fingerprint density at radius 1 is 1.10 bits per heavy atom. The van der Waals surface area contributed by atoms with Crippen LogP contribution in [0.1, 0.15) is 24.7 Å². The molecule has 1 saturated carbocycles. The molecule has 0 bridgehead atoms. The van der Waals surface area contributed by atoms with Gasteiger partial charge >= 0.3 is 0 Å². The second-order valence-corrected chi connectivity index (χ2v) is 8.08. The van der Waals surface area contributed by atoms with Crippen molar-refractivity contribution in [1.29, 1.82) is 0 Å². The summed E-state index contributed by atoms with van der Waals surface area (Å²) in [7, 11) is 0. The van der Waals surface area contributed by atoms with Crippen molar-refractivity contribution < 1.29 is 8.91 Å². The fraction of sp³-hybridized carbons (Fsp3) is 0.200. The van der Waals surface area contributed by atoms with Gasteiger partial charge in [0.1, 0.15) is 5.82 Å². The monoisotopic (exact) mass is 427 g/mol. The molecule has 5 rings (SSSR count). The summed E-state index contributed by atoms with van der Waals surface area (Å²) in [6.45, 7) is 0. The molecule has 4 aromatic rings. The zero-order valence-corrected chi connectivity index (χ0v) is 16.7. The van der Waals surface area contributed by atoms with Gasteiger partial charge in [0.05, 0.1) is 11.3 Å². The van der Waals surface area contributed by atoms with Crippen molar-refractivity contribution >= 4 is 23.4 Å². The molecule has 1 aliphatic carbocycles. The van der Waals surface area contributed by atoms with Gasteiger partial charge in [-0.1, -0.05) is 40.7 Å². The molecule has 2 aromatic carbocycles. The highest BCUT2D eigenvalue weighted by atomic mass is 35.5. The average Bonchev–Trinajstić information content (AvgIpc) is 3.31. The first kappa shape index (κ1) is 18.3. The average molecular weight is 428 g/mol. The van der Waals surface area contributed by atoms with E-state index in [2.05, 4.69) is 20.3 Å². The van der Waals surface area contributed by atoms with E-state index in [1.54, 1.807) is 30.3 Å². The van der Waals surface area contributed by atoms with Gasteiger partial charge in [-0.25, -0.2) is 4.39 Å². The molecule has 0 radical (unpaired) electrons. The van der Waals surface area contributed by atoms with Crippen LogP contribution in [-0.2, 0) is 5.75 Å². The van der Waals surface area contributed by atoms with E-state index in [9.17, 15) is 4.39 Å². The first-order valence-corrected chi connectivity index (χ1v) is 10.5. The number of aromatic nitrogens is 5. The predicted octanol–water partition coefficient (Wildman–Crippen LogP) is 5.41. The Labute approximate surface area is 175 Å². The smallest absolute Gasteiger partial charge is 0.257 e. The lowest BCUT2D eigenvalue weighted by Gasteiger charge is -2.08. The van der Waals surface area contributed by atoms with E-state index in [1.165, 1.54) is 17.8 Å². The van der Waals surface area contributed by atoms with E-state index in [0.717, 1.165) is 23.6 Å². The normalized spacial score (nSPS) is 13.7. The molecule has 146 valence electrons. The molecule has 1 aliphatic rings. The van der Waals surface area contributed by atoms with E-state index >= 15 is 0 Å². The number of thioether (sulfide) groups is 1. The van der Waals surface area contributed by atoms with Crippen molar-refractivity contribution in [3.63, 3.8) is 0 Å². The fourth-order valence-electron chi connectivity index (χ4n) is 3.01. The van der Waals surface area contributed by atoms with Crippen molar-refractivity contribution in [2.45, 2.75) is 29.8 Å². The van der Waals surface area contributed by atoms with Crippen LogP contribution in [0, 0.1) is 5.82 Å². The predicted molar refractivity (Wildman–Crippen MR) is 108 cm³/mol. The van der Waals surface area contributed by atoms with Gasteiger partial charge in [0, 0.05) is 16.6 Å². The lowest BCUT2D eigenvalue weighted by Crippen LogP contribution is -2.01. The molecule has 0 spiro atoms. The van der Waals surface area contributed by atoms with Gasteiger partial charge in [0.15, 0.2) is 16.8 Å². The molecule has 1 fully saturated rings. The summed E-state index contributed by atoms with van der Waals surface area (Å²) < 4.78 is 21.6. The highest BCUT2D eigenvalue weighted by Crippen LogP contribution is 2.41.